The summed E-state index contributed by atoms with van der Waals surface area (Å²) in [7, 11) is 0. The van der Waals surface area contributed by atoms with E-state index in [1.807, 2.05) is 30.3 Å². The Morgan fingerprint density at radius 3 is 2.72 bits per heavy atom. The number of anilines is 1. The first-order chi connectivity index (χ1) is 15.7. The third-order valence-electron chi connectivity index (χ3n) is 6.25. The van der Waals surface area contributed by atoms with E-state index in [1.165, 1.54) is 6.07 Å². The van der Waals surface area contributed by atoms with Crippen LogP contribution in [0.2, 0.25) is 0 Å². The van der Waals surface area contributed by atoms with Gasteiger partial charge in [0.15, 0.2) is 0 Å². The fourth-order valence-electron chi connectivity index (χ4n) is 4.46. The first kappa shape index (κ1) is 20.6. The number of unbranched alkanes of at least 4 members (excludes halogenated alkanes) is 1. The maximum absolute atomic E-state index is 13.8. The van der Waals surface area contributed by atoms with Crippen molar-refractivity contribution in [3.63, 3.8) is 0 Å². The van der Waals surface area contributed by atoms with Crippen LogP contribution in [0.4, 0.5) is 10.1 Å². The van der Waals surface area contributed by atoms with Gasteiger partial charge in [-0.2, -0.15) is 0 Å². The van der Waals surface area contributed by atoms with E-state index in [4.69, 9.17) is 4.74 Å². The van der Waals surface area contributed by atoms with Crippen molar-refractivity contribution in [2.75, 3.05) is 44.2 Å². The van der Waals surface area contributed by atoms with E-state index in [2.05, 4.69) is 20.9 Å². The molecule has 0 radical (unpaired) electrons. The number of carbonyl (C=O) groups excluding carboxylic acids is 1. The lowest BCUT2D eigenvalue weighted by Crippen LogP contribution is -2.46. The highest BCUT2D eigenvalue weighted by Gasteiger charge is 2.19. The second-order valence-electron chi connectivity index (χ2n) is 8.34. The Hall–Kier alpha value is -3.25. The van der Waals surface area contributed by atoms with Crippen molar-refractivity contribution in [3.05, 3.63) is 71.5 Å². The molecule has 2 heterocycles. The molecule has 1 saturated heterocycles. The fourth-order valence-corrected chi connectivity index (χ4v) is 4.46. The summed E-state index contributed by atoms with van der Waals surface area (Å²) in [6, 6.07) is 16.7. The van der Waals surface area contributed by atoms with Gasteiger partial charge >= 0.3 is 0 Å². The Bertz CT molecular complexity index is 1170. The molecule has 0 unspecified atom stereocenters. The van der Waals surface area contributed by atoms with Gasteiger partial charge in [-0.3, -0.25) is 9.69 Å². The van der Waals surface area contributed by atoms with Crippen molar-refractivity contribution < 1.29 is 13.9 Å². The molecule has 0 saturated carbocycles. The van der Waals surface area contributed by atoms with Gasteiger partial charge < -0.3 is 9.64 Å². The Kier molecular flexibility index (Phi) is 5.86. The summed E-state index contributed by atoms with van der Waals surface area (Å²) in [6.07, 6.45) is 3.62. The zero-order valence-corrected chi connectivity index (χ0v) is 18.0. The van der Waals surface area contributed by atoms with E-state index in [0.717, 1.165) is 73.3 Å². The number of ether oxygens (including phenoxy) is 1. The molecule has 32 heavy (non-hydrogen) atoms. The zero-order valence-electron chi connectivity index (χ0n) is 18.0. The largest absolute Gasteiger partial charge is 0.494 e. The zero-order chi connectivity index (χ0) is 21.9. The Balaban J connectivity index is 1.06. The molecule has 0 N–H and O–H groups in total. The average Bonchev–Trinajstić information content (AvgIpc) is 3.19. The highest BCUT2D eigenvalue weighted by Crippen LogP contribution is 2.28. The van der Waals surface area contributed by atoms with E-state index < -0.39 is 0 Å². The number of piperazine rings is 1. The SMILES string of the molecule is O=C1N=Cc2ccc(OCCCCN3CCN(c4cccc5ccc(F)cc45)CC3)cc21. The number of halogens is 1. The summed E-state index contributed by atoms with van der Waals surface area (Å²) in [5, 5.41) is 2.06. The molecule has 0 atom stereocenters. The van der Waals surface area contributed by atoms with Gasteiger partial charge in [0.1, 0.15) is 11.6 Å². The van der Waals surface area contributed by atoms with Gasteiger partial charge in [-0.15, -0.1) is 0 Å². The Morgan fingerprint density at radius 1 is 0.969 bits per heavy atom. The van der Waals surface area contributed by atoms with Crippen molar-refractivity contribution in [1.82, 2.24) is 4.90 Å². The lowest BCUT2D eigenvalue weighted by molar-refractivity contribution is 0.101. The number of aliphatic imine (C=N–C) groups is 1. The van der Waals surface area contributed by atoms with E-state index in [-0.39, 0.29) is 11.7 Å². The minimum atomic E-state index is -0.196. The molecule has 2 aliphatic rings. The summed E-state index contributed by atoms with van der Waals surface area (Å²) in [5.74, 6) is 0.339. The first-order valence-electron chi connectivity index (χ1n) is 11.2. The maximum Gasteiger partial charge on any atom is 0.277 e. The molecule has 3 aromatic rings. The number of fused-ring (bicyclic) bond motifs is 2. The maximum atomic E-state index is 13.8. The van der Waals surface area contributed by atoms with E-state index in [1.54, 1.807) is 18.3 Å². The first-order valence-corrected chi connectivity index (χ1v) is 11.2. The Morgan fingerprint density at radius 2 is 1.84 bits per heavy atom. The lowest BCUT2D eigenvalue weighted by Gasteiger charge is -2.36. The van der Waals surface area contributed by atoms with Gasteiger partial charge in [0, 0.05) is 49.0 Å². The van der Waals surface area contributed by atoms with Crippen LogP contribution in [0.25, 0.3) is 10.8 Å². The molecular weight excluding hydrogens is 405 g/mol. The molecule has 164 valence electrons. The molecule has 3 aromatic carbocycles. The number of benzene rings is 3. The van der Waals surface area contributed by atoms with Crippen LogP contribution in [0.5, 0.6) is 5.75 Å². The van der Waals surface area contributed by atoms with Crippen LogP contribution in [0, 0.1) is 5.82 Å². The van der Waals surface area contributed by atoms with Gasteiger partial charge in [0.05, 0.1) is 12.2 Å². The van der Waals surface area contributed by atoms with E-state index >= 15 is 0 Å². The van der Waals surface area contributed by atoms with Crippen LogP contribution in [-0.2, 0) is 0 Å². The average molecular weight is 432 g/mol. The molecular formula is C26H26FN3O2. The summed E-state index contributed by atoms with van der Waals surface area (Å²) in [6.45, 7) is 5.56. The monoisotopic (exact) mass is 431 g/mol. The van der Waals surface area contributed by atoms with Crippen LogP contribution < -0.4 is 9.64 Å². The van der Waals surface area contributed by atoms with Gasteiger partial charge in [-0.25, -0.2) is 9.38 Å². The van der Waals surface area contributed by atoms with E-state index in [0.29, 0.717) is 12.2 Å². The normalized spacial score (nSPS) is 16.0. The lowest BCUT2D eigenvalue weighted by atomic mass is 10.1. The predicted octanol–water partition coefficient (Wildman–Crippen LogP) is 4.53. The molecule has 0 aromatic heterocycles. The molecule has 0 aliphatic carbocycles. The molecule has 5 rings (SSSR count). The highest BCUT2D eigenvalue weighted by atomic mass is 19.1. The van der Waals surface area contributed by atoms with Crippen LogP contribution in [0.3, 0.4) is 0 Å². The standard InChI is InChI=1S/C26H26FN3O2/c27-21-8-6-19-4-3-5-25(23(19)16-21)30-13-11-29(12-14-30)10-1-2-15-32-22-9-7-20-18-28-26(31)24(20)17-22/h3-9,16-18H,1-2,10-15H2. The molecule has 1 amide bonds. The quantitative estimate of drug-likeness (QED) is 0.516. The van der Waals surface area contributed by atoms with Crippen LogP contribution in [0.1, 0.15) is 28.8 Å². The number of hydrogen-bond acceptors (Lipinski definition) is 4. The molecule has 0 bridgehead atoms. The number of carbonyl (C=O) groups is 1. The second-order valence-corrected chi connectivity index (χ2v) is 8.34. The summed E-state index contributed by atoms with van der Waals surface area (Å²) in [4.78, 5) is 20.3. The number of rotatable bonds is 7. The molecule has 1 fully saturated rings. The third-order valence-corrected chi connectivity index (χ3v) is 6.25. The topological polar surface area (TPSA) is 45.1 Å². The minimum Gasteiger partial charge on any atom is -0.494 e. The molecule has 0 spiro atoms. The fraction of sp³-hybridized carbons (Fsp3) is 0.308. The second kappa shape index (κ2) is 9.09. The van der Waals surface area contributed by atoms with Crippen LogP contribution >= 0.6 is 0 Å². The van der Waals surface area contributed by atoms with Gasteiger partial charge in [0.2, 0.25) is 0 Å². The summed E-state index contributed by atoms with van der Waals surface area (Å²) in [5.41, 5.74) is 2.60. The van der Waals surface area contributed by atoms with Crippen LogP contribution in [0.15, 0.2) is 59.6 Å². The number of hydrogen-bond donors (Lipinski definition) is 0. The van der Waals surface area contributed by atoms with Crippen molar-refractivity contribution >= 4 is 28.6 Å². The van der Waals surface area contributed by atoms with Crippen LogP contribution in [-0.4, -0.2) is 56.4 Å². The van der Waals surface area contributed by atoms with E-state index in [9.17, 15) is 9.18 Å². The highest BCUT2D eigenvalue weighted by molar-refractivity contribution is 6.13. The molecule has 2 aliphatic heterocycles. The Labute approximate surface area is 187 Å². The number of nitrogens with zero attached hydrogens (tertiary/aromatic N) is 3. The predicted molar refractivity (Wildman–Crippen MR) is 126 cm³/mol. The van der Waals surface area contributed by atoms with Crippen molar-refractivity contribution in [3.8, 4) is 5.75 Å². The third kappa shape index (κ3) is 4.36. The van der Waals surface area contributed by atoms with Crippen molar-refractivity contribution in [2.24, 2.45) is 4.99 Å². The van der Waals surface area contributed by atoms with Crippen molar-refractivity contribution in [1.29, 1.82) is 0 Å². The minimum absolute atomic E-state index is 0.189. The summed E-state index contributed by atoms with van der Waals surface area (Å²) < 4.78 is 19.6. The molecule has 6 heteroatoms. The van der Waals surface area contributed by atoms with Gasteiger partial charge in [0.25, 0.3) is 5.91 Å². The molecule has 5 nitrogen and oxygen atoms in total. The van der Waals surface area contributed by atoms with Gasteiger partial charge in [-0.1, -0.05) is 18.2 Å². The number of amides is 1. The summed E-state index contributed by atoms with van der Waals surface area (Å²) >= 11 is 0. The van der Waals surface area contributed by atoms with Crippen molar-refractivity contribution in [2.45, 2.75) is 12.8 Å². The van der Waals surface area contributed by atoms with Gasteiger partial charge in [-0.05, 0) is 61.2 Å². The smallest absolute Gasteiger partial charge is 0.277 e.